The summed E-state index contributed by atoms with van der Waals surface area (Å²) in [7, 11) is 0. The average molecular weight is 344 g/mol. The Kier molecular flexibility index (Phi) is 4.66. The predicted octanol–water partition coefficient (Wildman–Crippen LogP) is 4.10. The second-order valence-corrected chi connectivity index (χ2v) is 5.77. The molecule has 0 aliphatic heterocycles. The smallest absolute Gasteiger partial charge is 0.122 e. The molecule has 1 atom stereocenters. The Bertz CT molecular complexity index is 583. The van der Waals surface area contributed by atoms with Crippen molar-refractivity contribution in [3.05, 3.63) is 50.7 Å². The molecule has 0 saturated carbocycles. The van der Waals surface area contributed by atoms with E-state index in [1.165, 1.54) is 0 Å². The maximum atomic E-state index is 10.5. The fourth-order valence-electron chi connectivity index (χ4n) is 1.97. The Morgan fingerprint density at radius 2 is 2.21 bits per heavy atom. The molecular weight excluding hydrogens is 328 g/mol. The highest BCUT2D eigenvalue weighted by molar-refractivity contribution is 9.10. The van der Waals surface area contributed by atoms with Crippen LogP contribution in [0.2, 0.25) is 5.02 Å². The van der Waals surface area contributed by atoms with Gasteiger partial charge in [0.2, 0.25) is 0 Å². The fraction of sp³-hybridized carbons (Fsp3) is 0.357. The first-order chi connectivity index (χ1) is 9.04. The van der Waals surface area contributed by atoms with Gasteiger partial charge in [0.05, 0.1) is 16.9 Å². The molecule has 0 amide bonds. The first kappa shape index (κ1) is 14.6. The van der Waals surface area contributed by atoms with E-state index in [9.17, 15) is 5.11 Å². The number of halogens is 2. The number of hydrogen-bond acceptors (Lipinski definition) is 2. The summed E-state index contributed by atoms with van der Waals surface area (Å²) < 4.78 is 2.74. The summed E-state index contributed by atoms with van der Waals surface area (Å²) in [4.78, 5) is 0. The molecule has 1 aromatic carbocycles. The molecule has 0 bridgehead atoms. The van der Waals surface area contributed by atoms with Crippen LogP contribution in [0, 0.1) is 6.92 Å². The first-order valence-corrected chi connectivity index (χ1v) is 7.37. The van der Waals surface area contributed by atoms with E-state index in [1.54, 1.807) is 10.9 Å². The van der Waals surface area contributed by atoms with E-state index in [-0.39, 0.29) is 0 Å². The van der Waals surface area contributed by atoms with Crippen LogP contribution in [0.5, 0.6) is 0 Å². The van der Waals surface area contributed by atoms with Crippen molar-refractivity contribution in [3.8, 4) is 0 Å². The minimum atomic E-state index is -0.765. The van der Waals surface area contributed by atoms with Crippen LogP contribution in [0.3, 0.4) is 0 Å². The van der Waals surface area contributed by atoms with Crippen LogP contribution < -0.4 is 0 Å². The van der Waals surface area contributed by atoms with E-state index >= 15 is 0 Å². The molecule has 2 aromatic rings. The number of aromatic nitrogens is 2. The summed E-state index contributed by atoms with van der Waals surface area (Å²) in [6.45, 7) is 4.81. The number of benzene rings is 1. The molecule has 1 heterocycles. The van der Waals surface area contributed by atoms with Crippen molar-refractivity contribution in [3.63, 3.8) is 0 Å². The Labute approximate surface area is 126 Å². The highest BCUT2D eigenvalue weighted by Crippen LogP contribution is 2.30. The van der Waals surface area contributed by atoms with Gasteiger partial charge in [-0.1, -0.05) is 46.6 Å². The van der Waals surface area contributed by atoms with Crippen molar-refractivity contribution in [2.75, 3.05) is 0 Å². The predicted molar refractivity (Wildman–Crippen MR) is 80.5 cm³/mol. The highest BCUT2D eigenvalue weighted by Gasteiger charge is 2.20. The maximum Gasteiger partial charge on any atom is 0.122 e. The average Bonchev–Trinajstić information content (AvgIpc) is 2.74. The highest BCUT2D eigenvalue weighted by atomic mass is 79.9. The number of aliphatic hydroxyl groups excluding tert-OH is 1. The summed E-state index contributed by atoms with van der Waals surface area (Å²) in [6.07, 6.45) is 1.76. The van der Waals surface area contributed by atoms with Crippen molar-refractivity contribution >= 4 is 27.5 Å². The van der Waals surface area contributed by atoms with Crippen LogP contribution in [-0.2, 0) is 6.54 Å². The molecule has 0 radical (unpaired) electrons. The van der Waals surface area contributed by atoms with E-state index in [1.807, 2.05) is 25.1 Å². The van der Waals surface area contributed by atoms with Crippen molar-refractivity contribution in [2.24, 2.45) is 0 Å². The maximum absolute atomic E-state index is 10.5. The Balaban J connectivity index is 2.40. The van der Waals surface area contributed by atoms with Crippen molar-refractivity contribution in [2.45, 2.75) is 32.9 Å². The molecule has 0 saturated heterocycles. The second kappa shape index (κ2) is 6.07. The SMILES string of the molecule is CCCn1ncc(Cl)c1C(O)c1ccc(C)c(Br)c1. The lowest BCUT2D eigenvalue weighted by Crippen LogP contribution is -2.10. The summed E-state index contributed by atoms with van der Waals surface area (Å²) >= 11 is 9.62. The standard InChI is InChI=1S/C14H16BrClN2O/c1-3-6-18-13(12(16)8-17-18)14(19)10-5-4-9(2)11(15)7-10/h4-5,7-8,14,19H,3,6H2,1-2H3. The molecule has 102 valence electrons. The number of rotatable bonds is 4. The Hall–Kier alpha value is -0.840. The van der Waals surface area contributed by atoms with E-state index in [0.29, 0.717) is 10.7 Å². The molecular formula is C14H16BrClN2O. The molecule has 19 heavy (non-hydrogen) atoms. The van der Waals surface area contributed by atoms with Gasteiger partial charge < -0.3 is 5.11 Å². The Morgan fingerprint density at radius 3 is 2.84 bits per heavy atom. The number of nitrogens with zero attached hydrogens (tertiary/aromatic N) is 2. The molecule has 0 fully saturated rings. The minimum absolute atomic E-state index is 0.498. The summed E-state index contributed by atoms with van der Waals surface area (Å²) in [6, 6.07) is 5.79. The molecule has 5 heteroatoms. The lowest BCUT2D eigenvalue weighted by Gasteiger charge is -2.15. The molecule has 1 unspecified atom stereocenters. The van der Waals surface area contributed by atoms with Crippen LogP contribution in [0.25, 0.3) is 0 Å². The molecule has 1 aromatic heterocycles. The van der Waals surface area contributed by atoms with Crippen LogP contribution in [0.1, 0.15) is 36.3 Å². The van der Waals surface area contributed by atoms with Gasteiger partial charge in [-0.05, 0) is 30.5 Å². The van der Waals surface area contributed by atoms with Gasteiger partial charge >= 0.3 is 0 Å². The van der Waals surface area contributed by atoms with Gasteiger partial charge in [0.25, 0.3) is 0 Å². The van der Waals surface area contributed by atoms with Crippen LogP contribution in [0.4, 0.5) is 0 Å². The van der Waals surface area contributed by atoms with E-state index in [4.69, 9.17) is 11.6 Å². The van der Waals surface area contributed by atoms with Crippen molar-refractivity contribution in [1.29, 1.82) is 0 Å². The largest absolute Gasteiger partial charge is 0.382 e. The molecule has 0 spiro atoms. The quantitative estimate of drug-likeness (QED) is 0.907. The summed E-state index contributed by atoms with van der Waals surface area (Å²) in [5, 5.41) is 15.2. The molecule has 3 nitrogen and oxygen atoms in total. The van der Waals surface area contributed by atoms with Gasteiger partial charge in [-0.25, -0.2) is 0 Å². The lowest BCUT2D eigenvalue weighted by atomic mass is 10.0. The third-order valence-corrected chi connectivity index (χ3v) is 4.18. The second-order valence-electron chi connectivity index (χ2n) is 4.51. The number of aryl methyl sites for hydroxylation is 2. The van der Waals surface area contributed by atoms with Gasteiger partial charge in [0, 0.05) is 11.0 Å². The van der Waals surface area contributed by atoms with Crippen molar-refractivity contribution < 1.29 is 5.11 Å². The summed E-state index contributed by atoms with van der Waals surface area (Å²) in [5.74, 6) is 0. The normalized spacial score (nSPS) is 12.7. The van der Waals surface area contributed by atoms with Gasteiger partial charge in [0.15, 0.2) is 0 Å². The topological polar surface area (TPSA) is 38.0 Å². The zero-order valence-corrected chi connectivity index (χ0v) is 13.2. The fourth-order valence-corrected chi connectivity index (χ4v) is 2.61. The molecule has 0 aliphatic carbocycles. The van der Waals surface area contributed by atoms with Crippen LogP contribution in [-0.4, -0.2) is 14.9 Å². The van der Waals surface area contributed by atoms with Gasteiger partial charge in [-0.15, -0.1) is 0 Å². The van der Waals surface area contributed by atoms with Crippen molar-refractivity contribution in [1.82, 2.24) is 9.78 Å². The zero-order chi connectivity index (χ0) is 14.0. The Morgan fingerprint density at radius 1 is 1.47 bits per heavy atom. The first-order valence-electron chi connectivity index (χ1n) is 6.20. The lowest BCUT2D eigenvalue weighted by molar-refractivity contribution is 0.207. The third-order valence-electron chi connectivity index (χ3n) is 3.04. The molecule has 2 rings (SSSR count). The minimum Gasteiger partial charge on any atom is -0.382 e. The number of aliphatic hydroxyl groups is 1. The van der Waals surface area contributed by atoms with Crippen LogP contribution >= 0.6 is 27.5 Å². The van der Waals surface area contributed by atoms with E-state index < -0.39 is 6.10 Å². The third kappa shape index (κ3) is 3.02. The summed E-state index contributed by atoms with van der Waals surface area (Å²) in [5.41, 5.74) is 2.58. The monoisotopic (exact) mass is 342 g/mol. The van der Waals surface area contributed by atoms with Gasteiger partial charge in [0.1, 0.15) is 6.10 Å². The molecule has 1 N–H and O–H groups in total. The van der Waals surface area contributed by atoms with Crippen LogP contribution in [0.15, 0.2) is 28.9 Å². The van der Waals surface area contributed by atoms with E-state index in [2.05, 4.69) is 28.0 Å². The molecule has 0 aliphatic rings. The zero-order valence-electron chi connectivity index (χ0n) is 10.9. The van der Waals surface area contributed by atoms with Gasteiger partial charge in [-0.3, -0.25) is 4.68 Å². The number of hydrogen-bond donors (Lipinski definition) is 1. The van der Waals surface area contributed by atoms with Gasteiger partial charge in [-0.2, -0.15) is 5.10 Å². The van der Waals surface area contributed by atoms with E-state index in [0.717, 1.165) is 28.6 Å².